The van der Waals surface area contributed by atoms with Gasteiger partial charge in [-0.2, -0.15) is 0 Å². The Labute approximate surface area is 168 Å². The third kappa shape index (κ3) is 4.11. The molecule has 4 rings (SSSR count). The molecule has 4 fully saturated rings. The fourth-order valence-corrected chi connectivity index (χ4v) is 5.70. The van der Waals surface area contributed by atoms with E-state index < -0.39 is 36.6 Å². The van der Waals surface area contributed by atoms with E-state index in [1.165, 1.54) is 0 Å². The Morgan fingerprint density at radius 2 is 0.964 bits per heavy atom. The van der Waals surface area contributed by atoms with Gasteiger partial charge in [-0.3, -0.25) is 9.80 Å². The molecule has 8 nitrogen and oxygen atoms in total. The van der Waals surface area contributed by atoms with Crippen molar-refractivity contribution >= 4 is 0 Å². The van der Waals surface area contributed by atoms with Crippen molar-refractivity contribution in [3.8, 4) is 0 Å². The zero-order valence-electron chi connectivity index (χ0n) is 17.0. The predicted molar refractivity (Wildman–Crippen MR) is 106 cm³/mol. The summed E-state index contributed by atoms with van der Waals surface area (Å²) < 4.78 is 0. The van der Waals surface area contributed by atoms with Gasteiger partial charge >= 0.3 is 0 Å². The highest BCUT2D eigenvalue weighted by Gasteiger charge is 2.49. The number of hydrogen-bond donors (Lipinski definition) is 6. The van der Waals surface area contributed by atoms with Gasteiger partial charge in [0.15, 0.2) is 0 Å². The Kier molecular flexibility index (Phi) is 7.37. The molecular formula is C20H40N2O6. The van der Waals surface area contributed by atoms with Crippen LogP contribution in [0.2, 0.25) is 0 Å². The molecule has 3 unspecified atom stereocenters. The maximum absolute atomic E-state index is 9.77. The lowest BCUT2D eigenvalue weighted by atomic mass is 9.91. The Morgan fingerprint density at radius 1 is 0.607 bits per heavy atom. The van der Waals surface area contributed by atoms with Crippen LogP contribution in [0.1, 0.15) is 53.8 Å². The average Bonchev–Trinajstić information content (AvgIpc) is 3.14. The molecule has 4 aliphatic rings. The molecule has 0 spiro atoms. The Balaban J connectivity index is 0.000000200. The zero-order valence-corrected chi connectivity index (χ0v) is 17.0. The largest absolute Gasteiger partial charge is 0.391 e. The lowest BCUT2D eigenvalue weighted by Gasteiger charge is -2.40. The summed E-state index contributed by atoms with van der Waals surface area (Å²) in [6.45, 7) is 5.22. The second kappa shape index (κ2) is 9.22. The van der Waals surface area contributed by atoms with Crippen LogP contribution in [0.5, 0.6) is 0 Å². The number of piperidine rings is 2. The van der Waals surface area contributed by atoms with E-state index in [1.54, 1.807) is 0 Å². The van der Waals surface area contributed by atoms with Crippen LogP contribution in [0.15, 0.2) is 0 Å². The fraction of sp³-hybridized carbons (Fsp3) is 1.00. The molecule has 0 radical (unpaired) electrons. The molecule has 166 valence electrons. The zero-order chi connectivity index (χ0) is 20.6. The van der Waals surface area contributed by atoms with E-state index in [0.717, 1.165) is 38.5 Å². The molecule has 0 bridgehead atoms. The third-order valence-corrected chi connectivity index (χ3v) is 7.31. The van der Waals surface area contributed by atoms with Gasteiger partial charge in [0.25, 0.3) is 0 Å². The van der Waals surface area contributed by atoms with Gasteiger partial charge in [-0.15, -0.1) is 0 Å². The van der Waals surface area contributed by atoms with Crippen LogP contribution in [0.25, 0.3) is 0 Å². The smallest absolute Gasteiger partial charge is 0.0991 e. The first-order chi connectivity index (χ1) is 13.3. The second-order valence-electron chi connectivity index (χ2n) is 8.90. The van der Waals surface area contributed by atoms with Crippen LogP contribution in [0.4, 0.5) is 0 Å². The summed E-state index contributed by atoms with van der Waals surface area (Å²) in [4.78, 5) is 4.15. The molecule has 0 aromatic heterocycles. The van der Waals surface area contributed by atoms with Crippen molar-refractivity contribution in [1.29, 1.82) is 0 Å². The summed E-state index contributed by atoms with van der Waals surface area (Å²) in [6, 6.07) is 0.331. The lowest BCUT2D eigenvalue weighted by molar-refractivity contribution is -0.0458. The number of nitrogens with zero attached hydrogens (tertiary/aromatic N) is 2. The maximum Gasteiger partial charge on any atom is 0.0991 e. The molecule has 6 N–H and O–H groups in total. The van der Waals surface area contributed by atoms with Crippen LogP contribution >= 0.6 is 0 Å². The summed E-state index contributed by atoms with van der Waals surface area (Å²) >= 11 is 0. The Morgan fingerprint density at radius 3 is 1.29 bits per heavy atom. The first kappa shape index (κ1) is 22.4. The molecule has 8 heteroatoms. The van der Waals surface area contributed by atoms with Crippen molar-refractivity contribution in [1.82, 2.24) is 9.80 Å². The topological polar surface area (TPSA) is 128 Å². The molecule has 0 saturated carbocycles. The highest BCUT2D eigenvalue weighted by Crippen LogP contribution is 2.34. The van der Waals surface area contributed by atoms with E-state index >= 15 is 0 Å². The third-order valence-electron chi connectivity index (χ3n) is 7.31. The number of rotatable bonds is 2. The van der Waals surface area contributed by atoms with Gasteiger partial charge in [0.05, 0.1) is 48.7 Å². The number of aliphatic hydroxyl groups is 6. The number of aliphatic hydroxyl groups excluding tert-OH is 6. The van der Waals surface area contributed by atoms with Crippen LogP contribution in [-0.4, -0.2) is 114 Å². The Hall–Kier alpha value is -0.320. The molecule has 10 atom stereocenters. The maximum atomic E-state index is 9.77. The molecule has 4 aliphatic heterocycles. The van der Waals surface area contributed by atoms with Gasteiger partial charge < -0.3 is 30.6 Å². The molecule has 0 aromatic carbocycles. The van der Waals surface area contributed by atoms with Crippen molar-refractivity contribution in [3.05, 3.63) is 0 Å². The standard InChI is InChI=1S/2C10H19NO3.H2/c2*1-2-6-3-4-7(12)9-10(14)8(13)5-11(6)9;/h2*6-10,12-14H,2-5H2,1H3;1H/t6?,7?,8-,9+,10?;6-,7+,8+,9+,10+;/m00./s1. The molecule has 4 heterocycles. The first-order valence-electron chi connectivity index (χ1n) is 10.9. The molecular weight excluding hydrogens is 364 g/mol. The van der Waals surface area contributed by atoms with E-state index in [1.807, 2.05) is 0 Å². The van der Waals surface area contributed by atoms with Gasteiger partial charge in [-0.05, 0) is 38.5 Å². The SMILES string of the molecule is CCC1CCC(O)[C@@H]2C(O)[C@@H](O)CN12.CC[C@H]1CC[C@@H](O)[C@@H]2[C@H](O)[C@H](O)CN12.[HH]. The van der Waals surface area contributed by atoms with Gasteiger partial charge in [0.1, 0.15) is 0 Å². The summed E-state index contributed by atoms with van der Waals surface area (Å²) in [7, 11) is 0. The second-order valence-corrected chi connectivity index (χ2v) is 8.90. The normalized spacial score (nSPS) is 49.3. The van der Waals surface area contributed by atoms with Crippen molar-refractivity contribution < 1.29 is 32.1 Å². The minimum Gasteiger partial charge on any atom is -0.391 e. The quantitative estimate of drug-likeness (QED) is 0.342. The summed E-state index contributed by atoms with van der Waals surface area (Å²) in [5.41, 5.74) is 0. The van der Waals surface area contributed by atoms with Crippen LogP contribution in [-0.2, 0) is 0 Å². The van der Waals surface area contributed by atoms with E-state index in [4.69, 9.17) is 0 Å². The van der Waals surface area contributed by atoms with Crippen molar-refractivity contribution in [2.24, 2.45) is 0 Å². The minimum atomic E-state index is -0.778. The van der Waals surface area contributed by atoms with Gasteiger partial charge in [0.2, 0.25) is 0 Å². The van der Waals surface area contributed by atoms with Crippen LogP contribution in [0, 0.1) is 0 Å². The molecule has 0 amide bonds. The number of hydrogen-bond acceptors (Lipinski definition) is 8. The summed E-state index contributed by atoms with van der Waals surface area (Å²) in [5.74, 6) is 0. The Bertz CT molecular complexity index is 473. The highest BCUT2D eigenvalue weighted by molar-refractivity contribution is 5.03. The molecule has 4 saturated heterocycles. The first-order valence-corrected chi connectivity index (χ1v) is 10.9. The van der Waals surface area contributed by atoms with Crippen molar-refractivity contribution in [2.45, 2.75) is 113 Å². The lowest BCUT2D eigenvalue weighted by Crippen LogP contribution is -2.53. The van der Waals surface area contributed by atoms with E-state index in [2.05, 4.69) is 23.6 Å². The van der Waals surface area contributed by atoms with Crippen LogP contribution < -0.4 is 0 Å². The highest BCUT2D eigenvalue weighted by atomic mass is 16.3. The van der Waals surface area contributed by atoms with E-state index in [9.17, 15) is 30.6 Å². The minimum absolute atomic E-state index is 0. The molecule has 0 aromatic rings. The van der Waals surface area contributed by atoms with Gasteiger partial charge in [-0.1, -0.05) is 13.8 Å². The van der Waals surface area contributed by atoms with Crippen molar-refractivity contribution in [3.63, 3.8) is 0 Å². The van der Waals surface area contributed by atoms with Crippen LogP contribution in [0.3, 0.4) is 0 Å². The summed E-state index contributed by atoms with van der Waals surface area (Å²) in [6.07, 6.45) is 1.54. The van der Waals surface area contributed by atoms with E-state index in [-0.39, 0.29) is 13.5 Å². The van der Waals surface area contributed by atoms with Gasteiger partial charge in [0, 0.05) is 26.6 Å². The van der Waals surface area contributed by atoms with Crippen molar-refractivity contribution in [2.75, 3.05) is 13.1 Å². The average molecular weight is 405 g/mol. The predicted octanol–water partition coefficient (Wildman–Crippen LogP) is -1.10. The number of fused-ring (bicyclic) bond motifs is 2. The molecule has 0 aliphatic carbocycles. The van der Waals surface area contributed by atoms with Gasteiger partial charge in [-0.25, -0.2) is 0 Å². The monoisotopic (exact) mass is 404 g/mol. The fourth-order valence-electron chi connectivity index (χ4n) is 5.70. The molecule has 28 heavy (non-hydrogen) atoms. The summed E-state index contributed by atoms with van der Waals surface area (Å²) in [5, 5.41) is 58.1. The van der Waals surface area contributed by atoms with E-state index in [0.29, 0.717) is 25.2 Å².